The molecule has 1 atom stereocenters. The molecule has 1 saturated carbocycles. The fraction of sp³-hybridized carbons (Fsp3) is 0.364. The molecule has 0 saturated heterocycles. The average molecular weight is 207 g/mol. The molecule has 1 aromatic rings. The van der Waals surface area contributed by atoms with Crippen molar-refractivity contribution in [2.75, 3.05) is 0 Å². The molecule has 1 fully saturated rings. The summed E-state index contributed by atoms with van der Waals surface area (Å²) in [5.41, 5.74) is 6.65. The zero-order chi connectivity index (χ0) is 11.0. The van der Waals surface area contributed by atoms with Gasteiger partial charge in [-0.3, -0.25) is 0 Å². The van der Waals surface area contributed by atoms with Gasteiger partial charge in [0, 0.05) is 6.04 Å². The van der Waals surface area contributed by atoms with Gasteiger partial charge in [0.05, 0.1) is 0 Å². The van der Waals surface area contributed by atoms with E-state index in [1.54, 1.807) is 6.07 Å². The highest BCUT2D eigenvalue weighted by atomic mass is 16.4. The van der Waals surface area contributed by atoms with Crippen LogP contribution in [0.2, 0.25) is 0 Å². The molecule has 4 N–H and O–H groups in total. The molecule has 0 aromatic heterocycles. The van der Waals surface area contributed by atoms with E-state index in [0.29, 0.717) is 5.92 Å². The Balaban J connectivity index is 2.32. The smallest absolute Gasteiger partial charge is 0.339 e. The first-order valence-corrected chi connectivity index (χ1v) is 4.91. The Morgan fingerprint density at radius 2 is 2.13 bits per heavy atom. The van der Waals surface area contributed by atoms with Gasteiger partial charge in [0.15, 0.2) is 0 Å². The van der Waals surface area contributed by atoms with E-state index in [1.165, 1.54) is 12.1 Å². The second-order valence-electron chi connectivity index (χ2n) is 3.94. The van der Waals surface area contributed by atoms with Gasteiger partial charge in [-0.2, -0.15) is 0 Å². The molecule has 0 heterocycles. The summed E-state index contributed by atoms with van der Waals surface area (Å²) in [7, 11) is 0. The van der Waals surface area contributed by atoms with Crippen molar-refractivity contribution in [1.29, 1.82) is 0 Å². The predicted molar refractivity (Wildman–Crippen MR) is 54.7 cm³/mol. The van der Waals surface area contributed by atoms with Crippen LogP contribution in [0.4, 0.5) is 0 Å². The maximum atomic E-state index is 10.8. The van der Waals surface area contributed by atoms with E-state index in [1.807, 2.05) is 0 Å². The van der Waals surface area contributed by atoms with Crippen molar-refractivity contribution < 1.29 is 15.0 Å². The molecule has 4 heteroatoms. The minimum absolute atomic E-state index is 0.0800. The van der Waals surface area contributed by atoms with Crippen LogP contribution in [-0.4, -0.2) is 16.2 Å². The lowest BCUT2D eigenvalue weighted by Crippen LogP contribution is -2.13. The van der Waals surface area contributed by atoms with Crippen molar-refractivity contribution in [3.63, 3.8) is 0 Å². The standard InChI is InChI=1S/C11H13NO3/c12-10(6-1-2-6)7-3-4-9(13)8(5-7)11(14)15/h3-6,10,13H,1-2,12H2,(H,14,15)/t10-/m0/s1. The molecule has 2 rings (SSSR count). The van der Waals surface area contributed by atoms with E-state index in [9.17, 15) is 9.90 Å². The van der Waals surface area contributed by atoms with Crippen LogP contribution in [0.3, 0.4) is 0 Å². The number of aromatic hydroxyl groups is 1. The third-order valence-electron chi connectivity index (χ3n) is 2.77. The van der Waals surface area contributed by atoms with Gasteiger partial charge in [-0.05, 0) is 36.5 Å². The number of benzene rings is 1. The molecule has 4 nitrogen and oxygen atoms in total. The van der Waals surface area contributed by atoms with Gasteiger partial charge in [-0.15, -0.1) is 0 Å². The number of carbonyl (C=O) groups is 1. The first-order chi connectivity index (χ1) is 7.09. The van der Waals surface area contributed by atoms with Gasteiger partial charge in [-0.25, -0.2) is 4.79 Å². The highest BCUT2D eigenvalue weighted by Crippen LogP contribution is 2.40. The number of carboxylic acid groups (broad SMARTS) is 1. The minimum Gasteiger partial charge on any atom is -0.507 e. The van der Waals surface area contributed by atoms with Crippen LogP contribution in [0.5, 0.6) is 5.75 Å². The fourth-order valence-corrected chi connectivity index (χ4v) is 1.66. The lowest BCUT2D eigenvalue weighted by Gasteiger charge is -2.11. The summed E-state index contributed by atoms with van der Waals surface area (Å²) < 4.78 is 0. The van der Waals surface area contributed by atoms with E-state index in [2.05, 4.69) is 0 Å². The molecule has 1 aromatic carbocycles. The number of nitrogens with two attached hydrogens (primary N) is 1. The Kier molecular flexibility index (Phi) is 2.36. The number of aromatic carboxylic acids is 1. The normalized spacial score (nSPS) is 17.4. The van der Waals surface area contributed by atoms with Crippen molar-refractivity contribution in [3.05, 3.63) is 29.3 Å². The zero-order valence-corrected chi connectivity index (χ0v) is 8.18. The second kappa shape index (κ2) is 3.55. The van der Waals surface area contributed by atoms with Crippen molar-refractivity contribution >= 4 is 5.97 Å². The van der Waals surface area contributed by atoms with E-state index < -0.39 is 5.97 Å². The third-order valence-corrected chi connectivity index (χ3v) is 2.77. The number of hydrogen-bond donors (Lipinski definition) is 3. The maximum absolute atomic E-state index is 10.8. The van der Waals surface area contributed by atoms with Crippen molar-refractivity contribution in [3.8, 4) is 5.75 Å². The molecule has 1 aliphatic rings. The molecule has 0 amide bonds. The summed E-state index contributed by atoms with van der Waals surface area (Å²) in [6.07, 6.45) is 2.20. The van der Waals surface area contributed by atoms with E-state index in [0.717, 1.165) is 18.4 Å². The Morgan fingerprint density at radius 1 is 1.47 bits per heavy atom. The van der Waals surface area contributed by atoms with Gasteiger partial charge in [0.25, 0.3) is 0 Å². The first-order valence-electron chi connectivity index (χ1n) is 4.91. The Morgan fingerprint density at radius 3 is 2.67 bits per heavy atom. The summed E-state index contributed by atoms with van der Waals surface area (Å²) in [5.74, 6) is -0.872. The highest BCUT2D eigenvalue weighted by molar-refractivity contribution is 5.90. The van der Waals surface area contributed by atoms with Crippen molar-refractivity contribution in [2.24, 2.45) is 11.7 Å². The Hall–Kier alpha value is -1.55. The predicted octanol–water partition coefficient (Wildman–Crippen LogP) is 1.50. The summed E-state index contributed by atoms with van der Waals surface area (Å²) in [5, 5.41) is 18.1. The van der Waals surface area contributed by atoms with Crippen LogP contribution < -0.4 is 5.73 Å². The number of carboxylic acids is 1. The highest BCUT2D eigenvalue weighted by Gasteiger charge is 2.30. The fourth-order valence-electron chi connectivity index (χ4n) is 1.66. The lowest BCUT2D eigenvalue weighted by molar-refractivity contribution is 0.0693. The van der Waals surface area contributed by atoms with Crippen LogP contribution in [0, 0.1) is 5.92 Å². The van der Waals surface area contributed by atoms with Gasteiger partial charge in [0.1, 0.15) is 11.3 Å². The van der Waals surface area contributed by atoms with E-state index in [-0.39, 0.29) is 17.4 Å². The van der Waals surface area contributed by atoms with E-state index >= 15 is 0 Å². The van der Waals surface area contributed by atoms with Gasteiger partial charge < -0.3 is 15.9 Å². The monoisotopic (exact) mass is 207 g/mol. The van der Waals surface area contributed by atoms with E-state index in [4.69, 9.17) is 10.8 Å². The number of rotatable bonds is 3. The minimum atomic E-state index is -1.13. The second-order valence-corrected chi connectivity index (χ2v) is 3.94. The van der Waals surface area contributed by atoms with Gasteiger partial charge >= 0.3 is 5.97 Å². The number of hydrogen-bond acceptors (Lipinski definition) is 3. The average Bonchev–Trinajstić information content (AvgIpc) is 3.00. The van der Waals surface area contributed by atoms with Crippen LogP contribution in [0.25, 0.3) is 0 Å². The molecule has 80 valence electrons. The maximum Gasteiger partial charge on any atom is 0.339 e. The Labute approximate surface area is 87.3 Å². The third kappa shape index (κ3) is 1.94. The van der Waals surface area contributed by atoms with Gasteiger partial charge in [-0.1, -0.05) is 6.07 Å². The Bertz CT molecular complexity index is 399. The molecule has 0 unspecified atom stereocenters. The van der Waals surface area contributed by atoms with Crippen LogP contribution >= 0.6 is 0 Å². The molecule has 0 aliphatic heterocycles. The quantitative estimate of drug-likeness (QED) is 0.701. The summed E-state index contributed by atoms with van der Waals surface area (Å²) in [4.78, 5) is 10.8. The molecule has 0 radical (unpaired) electrons. The molecule has 0 spiro atoms. The molecule has 0 bridgehead atoms. The molecular formula is C11H13NO3. The van der Waals surface area contributed by atoms with Crippen molar-refractivity contribution in [1.82, 2.24) is 0 Å². The molecule has 15 heavy (non-hydrogen) atoms. The summed E-state index contributed by atoms with van der Waals surface area (Å²) in [6, 6.07) is 4.43. The summed E-state index contributed by atoms with van der Waals surface area (Å²) >= 11 is 0. The van der Waals surface area contributed by atoms with Crippen LogP contribution in [0.15, 0.2) is 18.2 Å². The topological polar surface area (TPSA) is 83.5 Å². The van der Waals surface area contributed by atoms with Crippen LogP contribution in [-0.2, 0) is 0 Å². The molecular weight excluding hydrogens is 194 g/mol. The SMILES string of the molecule is N[C@H](c1ccc(O)c(C(=O)O)c1)C1CC1. The lowest BCUT2D eigenvalue weighted by atomic mass is 10.0. The zero-order valence-electron chi connectivity index (χ0n) is 8.18. The van der Waals surface area contributed by atoms with Gasteiger partial charge in [0.2, 0.25) is 0 Å². The van der Waals surface area contributed by atoms with Crippen molar-refractivity contribution in [2.45, 2.75) is 18.9 Å². The molecule has 1 aliphatic carbocycles. The summed E-state index contributed by atoms with van der Waals surface area (Å²) in [6.45, 7) is 0. The largest absolute Gasteiger partial charge is 0.507 e. The first kappa shape index (κ1) is 9.98. The number of phenols is 1. The van der Waals surface area contributed by atoms with Crippen LogP contribution in [0.1, 0.15) is 34.8 Å².